The summed E-state index contributed by atoms with van der Waals surface area (Å²) >= 11 is 0.756. The van der Waals surface area contributed by atoms with E-state index in [1.54, 1.807) is 0 Å². The molecule has 20 heavy (non-hydrogen) atoms. The van der Waals surface area contributed by atoms with Crippen LogP contribution in [0.15, 0.2) is 6.20 Å². The first-order valence-corrected chi connectivity index (χ1v) is 7.71. The van der Waals surface area contributed by atoms with Gasteiger partial charge in [0, 0.05) is 18.1 Å². The van der Waals surface area contributed by atoms with E-state index in [1.165, 1.54) is 12.8 Å². The standard InChI is InChI=1S/C13H18F3N3S/c1-19(10-4-8-2-3-9(5-10)18-8)7-12-17-6-11(20-12)13(14,15)16/h6,8-10,18H,2-5,7H2,1H3. The largest absolute Gasteiger partial charge is 0.427 e. The lowest BCUT2D eigenvalue weighted by molar-refractivity contribution is -0.134. The van der Waals surface area contributed by atoms with Crippen LogP contribution in [0.25, 0.3) is 0 Å². The normalized spacial score (nSPS) is 30.1. The van der Waals surface area contributed by atoms with Crippen LogP contribution >= 0.6 is 11.3 Å². The predicted molar refractivity (Wildman–Crippen MR) is 71.6 cm³/mol. The summed E-state index contributed by atoms with van der Waals surface area (Å²) in [6.45, 7) is 0.505. The minimum atomic E-state index is -4.28. The average Bonchev–Trinajstić information content (AvgIpc) is 2.96. The van der Waals surface area contributed by atoms with Gasteiger partial charge in [-0.2, -0.15) is 13.2 Å². The first-order chi connectivity index (χ1) is 9.41. The lowest BCUT2D eigenvalue weighted by atomic mass is 9.99. The Labute approximate surface area is 120 Å². The molecule has 0 amide bonds. The Bertz CT molecular complexity index is 462. The fourth-order valence-electron chi connectivity index (χ4n) is 3.24. The molecule has 0 aliphatic carbocycles. The molecule has 1 aromatic heterocycles. The molecule has 0 aromatic carbocycles. The number of rotatable bonds is 3. The van der Waals surface area contributed by atoms with Crippen molar-refractivity contribution in [3.8, 4) is 0 Å². The maximum absolute atomic E-state index is 12.6. The molecule has 1 aromatic rings. The van der Waals surface area contributed by atoms with E-state index in [-0.39, 0.29) is 0 Å². The minimum absolute atomic E-state index is 0.451. The molecule has 3 rings (SSSR count). The third-order valence-electron chi connectivity index (χ3n) is 4.29. The van der Waals surface area contributed by atoms with Crippen molar-refractivity contribution < 1.29 is 13.2 Å². The SMILES string of the molecule is CN(Cc1ncc(C(F)(F)F)s1)C1CC2CCC(C1)N2. The molecule has 3 heterocycles. The molecule has 2 aliphatic heterocycles. The molecule has 1 N–H and O–H groups in total. The molecule has 0 radical (unpaired) electrons. The third kappa shape index (κ3) is 2.99. The second-order valence-electron chi connectivity index (χ2n) is 5.79. The zero-order chi connectivity index (χ0) is 14.3. The highest BCUT2D eigenvalue weighted by atomic mass is 32.1. The molecule has 112 valence electrons. The highest BCUT2D eigenvalue weighted by Crippen LogP contribution is 2.34. The summed E-state index contributed by atoms with van der Waals surface area (Å²) < 4.78 is 37.7. The van der Waals surface area contributed by atoms with Gasteiger partial charge in [0.05, 0.1) is 12.7 Å². The lowest BCUT2D eigenvalue weighted by Gasteiger charge is -2.35. The number of nitrogens with zero attached hydrogens (tertiary/aromatic N) is 2. The van der Waals surface area contributed by atoms with E-state index in [1.807, 2.05) is 7.05 Å². The molecular formula is C13H18F3N3S. The van der Waals surface area contributed by atoms with E-state index >= 15 is 0 Å². The molecule has 2 aliphatic rings. The fourth-order valence-corrected chi connectivity index (χ4v) is 4.09. The number of alkyl halides is 3. The number of hydrogen-bond acceptors (Lipinski definition) is 4. The molecule has 2 bridgehead atoms. The molecule has 2 atom stereocenters. The maximum atomic E-state index is 12.6. The van der Waals surface area contributed by atoms with Crippen LogP contribution < -0.4 is 5.32 Å². The topological polar surface area (TPSA) is 28.2 Å². The van der Waals surface area contributed by atoms with E-state index in [4.69, 9.17) is 0 Å². The van der Waals surface area contributed by atoms with E-state index in [0.29, 0.717) is 29.7 Å². The molecular weight excluding hydrogens is 287 g/mol. The summed E-state index contributed by atoms with van der Waals surface area (Å²) in [5, 5.41) is 4.12. The van der Waals surface area contributed by atoms with Crippen molar-refractivity contribution in [3.05, 3.63) is 16.1 Å². The van der Waals surface area contributed by atoms with Gasteiger partial charge in [-0.05, 0) is 32.7 Å². The van der Waals surface area contributed by atoms with E-state index in [9.17, 15) is 13.2 Å². The van der Waals surface area contributed by atoms with Crippen molar-refractivity contribution >= 4 is 11.3 Å². The van der Waals surface area contributed by atoms with Crippen LogP contribution in [-0.2, 0) is 12.7 Å². The number of thiazole rings is 1. The number of halogens is 3. The number of nitrogens with one attached hydrogen (secondary N) is 1. The smallest absolute Gasteiger partial charge is 0.311 e. The van der Waals surface area contributed by atoms with E-state index in [2.05, 4.69) is 15.2 Å². The molecule has 0 saturated carbocycles. The highest BCUT2D eigenvalue weighted by Gasteiger charge is 2.36. The van der Waals surface area contributed by atoms with Crippen molar-refractivity contribution in [2.75, 3.05) is 7.05 Å². The van der Waals surface area contributed by atoms with Gasteiger partial charge in [-0.25, -0.2) is 4.98 Å². The number of piperidine rings is 1. The van der Waals surface area contributed by atoms with Gasteiger partial charge >= 0.3 is 6.18 Å². The van der Waals surface area contributed by atoms with Gasteiger partial charge in [-0.3, -0.25) is 4.90 Å². The Morgan fingerprint density at radius 2 is 2.00 bits per heavy atom. The predicted octanol–water partition coefficient (Wildman–Crippen LogP) is 2.88. The Morgan fingerprint density at radius 3 is 2.55 bits per heavy atom. The molecule has 7 heteroatoms. The Morgan fingerprint density at radius 1 is 1.35 bits per heavy atom. The number of hydrogen-bond donors (Lipinski definition) is 1. The lowest BCUT2D eigenvalue weighted by Crippen LogP contribution is -2.46. The summed E-state index contributed by atoms with van der Waals surface area (Å²) in [4.78, 5) is 5.46. The molecule has 0 spiro atoms. The minimum Gasteiger partial charge on any atom is -0.311 e. The van der Waals surface area contributed by atoms with Gasteiger partial charge in [0.25, 0.3) is 0 Å². The summed E-state index contributed by atoms with van der Waals surface area (Å²) in [5.41, 5.74) is 0. The fraction of sp³-hybridized carbons (Fsp3) is 0.769. The first kappa shape index (κ1) is 14.3. The summed E-state index contributed by atoms with van der Waals surface area (Å²) in [6.07, 6.45) is 1.30. The molecule has 3 nitrogen and oxygen atoms in total. The van der Waals surface area contributed by atoms with Crippen LogP contribution in [0.3, 0.4) is 0 Å². The van der Waals surface area contributed by atoms with Crippen LogP contribution in [0.1, 0.15) is 35.6 Å². The quantitative estimate of drug-likeness (QED) is 0.931. The first-order valence-electron chi connectivity index (χ1n) is 6.90. The third-order valence-corrected chi connectivity index (χ3v) is 5.32. The summed E-state index contributed by atoms with van der Waals surface area (Å²) in [7, 11) is 1.99. The number of aromatic nitrogens is 1. The summed E-state index contributed by atoms with van der Waals surface area (Å²) in [6, 6.07) is 1.62. The van der Waals surface area contributed by atoms with Crippen molar-refractivity contribution in [1.29, 1.82) is 0 Å². The van der Waals surface area contributed by atoms with Gasteiger partial charge in [-0.15, -0.1) is 11.3 Å². The second kappa shape index (κ2) is 5.27. The van der Waals surface area contributed by atoms with Gasteiger partial charge in [-0.1, -0.05) is 0 Å². The van der Waals surface area contributed by atoms with Crippen LogP contribution in [-0.4, -0.2) is 35.1 Å². The van der Waals surface area contributed by atoms with E-state index in [0.717, 1.165) is 30.4 Å². The monoisotopic (exact) mass is 305 g/mol. The second-order valence-corrected chi connectivity index (χ2v) is 6.91. The van der Waals surface area contributed by atoms with Crippen molar-refractivity contribution in [3.63, 3.8) is 0 Å². The van der Waals surface area contributed by atoms with E-state index < -0.39 is 11.1 Å². The zero-order valence-electron chi connectivity index (χ0n) is 11.3. The van der Waals surface area contributed by atoms with Gasteiger partial charge < -0.3 is 5.32 Å². The van der Waals surface area contributed by atoms with Crippen molar-refractivity contribution in [1.82, 2.24) is 15.2 Å². The zero-order valence-corrected chi connectivity index (χ0v) is 12.1. The molecule has 2 saturated heterocycles. The maximum Gasteiger partial charge on any atom is 0.427 e. The van der Waals surface area contributed by atoms with Crippen LogP contribution in [0.5, 0.6) is 0 Å². The number of fused-ring (bicyclic) bond motifs is 2. The Hall–Kier alpha value is -0.660. The van der Waals surface area contributed by atoms with Gasteiger partial charge in [0.1, 0.15) is 9.88 Å². The van der Waals surface area contributed by atoms with Crippen molar-refractivity contribution in [2.24, 2.45) is 0 Å². The summed E-state index contributed by atoms with van der Waals surface area (Å²) in [5.74, 6) is 0. The van der Waals surface area contributed by atoms with Gasteiger partial charge in [0.15, 0.2) is 0 Å². The van der Waals surface area contributed by atoms with Crippen LogP contribution in [0, 0.1) is 0 Å². The van der Waals surface area contributed by atoms with Crippen LogP contribution in [0.4, 0.5) is 13.2 Å². The Kier molecular flexibility index (Phi) is 3.77. The molecule has 2 fully saturated rings. The Balaban J connectivity index is 1.61. The highest BCUT2D eigenvalue weighted by molar-refractivity contribution is 7.11. The van der Waals surface area contributed by atoms with Crippen LogP contribution in [0.2, 0.25) is 0 Å². The van der Waals surface area contributed by atoms with Gasteiger partial charge in [0.2, 0.25) is 0 Å². The molecule has 2 unspecified atom stereocenters. The average molecular weight is 305 g/mol. The van der Waals surface area contributed by atoms with Crippen molar-refractivity contribution in [2.45, 2.75) is 56.5 Å².